The average molecular weight is 364 g/mol. The number of urea groups is 1. The van der Waals surface area contributed by atoms with E-state index in [4.69, 9.17) is 5.11 Å². The fourth-order valence-electron chi connectivity index (χ4n) is 5.49. The minimum absolute atomic E-state index is 0.102. The molecule has 146 valence electrons. The molecule has 0 aromatic carbocycles. The number of likely N-dealkylation sites (tertiary alicyclic amines) is 2. The van der Waals surface area contributed by atoms with Crippen molar-refractivity contribution in [2.75, 3.05) is 39.3 Å². The van der Waals surface area contributed by atoms with Crippen LogP contribution in [0.25, 0.3) is 0 Å². The quantitative estimate of drug-likeness (QED) is 0.786. The van der Waals surface area contributed by atoms with Gasteiger partial charge in [0.1, 0.15) is 0 Å². The second-order valence-corrected chi connectivity index (χ2v) is 9.73. The molecule has 7 heteroatoms. The van der Waals surface area contributed by atoms with Gasteiger partial charge in [-0.3, -0.25) is 0 Å². The Morgan fingerprint density at radius 2 is 1.81 bits per heavy atom. The van der Waals surface area contributed by atoms with Crippen molar-refractivity contribution in [1.29, 1.82) is 0 Å². The van der Waals surface area contributed by atoms with Crippen LogP contribution < -0.4 is 5.32 Å². The van der Waals surface area contributed by atoms with E-state index in [0.717, 1.165) is 64.8 Å². The molecule has 0 unspecified atom stereocenters. The molecule has 3 heterocycles. The van der Waals surface area contributed by atoms with Gasteiger partial charge < -0.3 is 25.1 Å². The molecule has 3 saturated heterocycles. The lowest BCUT2D eigenvalue weighted by Crippen LogP contribution is -2.61. The minimum atomic E-state index is -0.770. The summed E-state index contributed by atoms with van der Waals surface area (Å²) in [6.45, 7) is 9.56. The van der Waals surface area contributed by atoms with Crippen molar-refractivity contribution < 1.29 is 14.7 Å². The molecule has 2 N–H and O–H groups in total. The van der Waals surface area contributed by atoms with Crippen LogP contribution in [0, 0.1) is 10.8 Å². The zero-order chi connectivity index (χ0) is 18.5. The first kappa shape index (κ1) is 17.9. The lowest BCUT2D eigenvalue weighted by molar-refractivity contribution is -0.0156. The van der Waals surface area contributed by atoms with E-state index in [1.54, 1.807) is 4.90 Å². The van der Waals surface area contributed by atoms with E-state index in [-0.39, 0.29) is 16.9 Å². The number of nitrogens with zero attached hydrogens (tertiary/aromatic N) is 3. The molecule has 4 rings (SSSR count). The number of nitrogens with one attached hydrogen (secondary N) is 1. The topological polar surface area (TPSA) is 76.1 Å². The molecule has 4 aliphatic rings. The Morgan fingerprint density at radius 3 is 2.42 bits per heavy atom. The number of carbonyl (C=O) groups is 2. The summed E-state index contributed by atoms with van der Waals surface area (Å²) < 4.78 is 0. The summed E-state index contributed by atoms with van der Waals surface area (Å²) in [7, 11) is 0. The van der Waals surface area contributed by atoms with Crippen molar-refractivity contribution >= 4 is 12.1 Å². The van der Waals surface area contributed by atoms with Gasteiger partial charge in [-0.15, -0.1) is 0 Å². The third kappa shape index (κ3) is 3.26. The van der Waals surface area contributed by atoms with E-state index < -0.39 is 6.09 Å². The SMILES string of the molecule is CC1(C)CNC(=O)N(C2CCN(C3CC4(CCN(C(=O)O)C4)C3)CC2)C1. The van der Waals surface area contributed by atoms with Crippen LogP contribution in [-0.4, -0.2) is 83.3 Å². The monoisotopic (exact) mass is 364 g/mol. The van der Waals surface area contributed by atoms with Crippen molar-refractivity contribution in [3.05, 3.63) is 0 Å². The molecule has 0 radical (unpaired) electrons. The van der Waals surface area contributed by atoms with E-state index in [0.29, 0.717) is 18.6 Å². The molecular formula is C19H32N4O3. The molecule has 0 aromatic heterocycles. The first-order valence-corrected chi connectivity index (χ1v) is 10.0. The molecule has 7 nitrogen and oxygen atoms in total. The fraction of sp³-hybridized carbons (Fsp3) is 0.895. The minimum Gasteiger partial charge on any atom is -0.465 e. The standard InChI is InChI=1S/C19H32N4O3/c1-18(2)11-20-16(24)23(12-18)14-3-6-21(7-4-14)15-9-19(10-15)5-8-22(13-19)17(25)26/h14-15H,3-13H2,1-2H3,(H,20,24)(H,25,26). The molecule has 4 fully saturated rings. The third-order valence-corrected chi connectivity index (χ3v) is 7.08. The lowest BCUT2D eigenvalue weighted by Gasteiger charge is -2.52. The Morgan fingerprint density at radius 1 is 1.12 bits per heavy atom. The highest BCUT2D eigenvalue weighted by Gasteiger charge is 2.51. The van der Waals surface area contributed by atoms with Crippen LogP contribution in [-0.2, 0) is 0 Å². The zero-order valence-electron chi connectivity index (χ0n) is 16.0. The molecule has 26 heavy (non-hydrogen) atoms. The second-order valence-electron chi connectivity index (χ2n) is 9.73. The number of piperidine rings is 1. The van der Waals surface area contributed by atoms with Crippen LogP contribution in [0.4, 0.5) is 9.59 Å². The van der Waals surface area contributed by atoms with Gasteiger partial charge in [0.15, 0.2) is 0 Å². The number of hydrogen-bond acceptors (Lipinski definition) is 3. The zero-order valence-corrected chi connectivity index (χ0v) is 16.0. The van der Waals surface area contributed by atoms with E-state index in [2.05, 4.69) is 29.0 Å². The highest BCUT2D eigenvalue weighted by atomic mass is 16.4. The van der Waals surface area contributed by atoms with Crippen molar-refractivity contribution in [2.45, 2.75) is 58.0 Å². The molecule has 1 saturated carbocycles. The number of amides is 3. The number of rotatable bonds is 2. The third-order valence-electron chi connectivity index (χ3n) is 7.08. The number of carboxylic acid groups (broad SMARTS) is 1. The van der Waals surface area contributed by atoms with Crippen LogP contribution in [0.5, 0.6) is 0 Å². The largest absolute Gasteiger partial charge is 0.465 e. The van der Waals surface area contributed by atoms with Crippen LogP contribution in [0.1, 0.15) is 46.0 Å². The normalized spacial score (nSPS) is 35.5. The second kappa shape index (κ2) is 6.29. The Hall–Kier alpha value is -1.50. The van der Waals surface area contributed by atoms with E-state index >= 15 is 0 Å². The fourth-order valence-corrected chi connectivity index (χ4v) is 5.49. The summed E-state index contributed by atoms with van der Waals surface area (Å²) in [5.41, 5.74) is 0.389. The van der Waals surface area contributed by atoms with Gasteiger partial charge >= 0.3 is 12.1 Å². The lowest BCUT2D eigenvalue weighted by atomic mass is 9.64. The van der Waals surface area contributed by atoms with Crippen molar-refractivity contribution in [3.63, 3.8) is 0 Å². The molecule has 3 aliphatic heterocycles. The summed E-state index contributed by atoms with van der Waals surface area (Å²) in [5.74, 6) is 0. The maximum atomic E-state index is 12.3. The average Bonchev–Trinajstić information content (AvgIpc) is 3.02. The van der Waals surface area contributed by atoms with E-state index in [1.807, 2.05) is 0 Å². The van der Waals surface area contributed by atoms with Gasteiger partial charge in [-0.25, -0.2) is 9.59 Å². The van der Waals surface area contributed by atoms with Crippen molar-refractivity contribution in [1.82, 2.24) is 20.0 Å². The maximum absolute atomic E-state index is 12.3. The van der Waals surface area contributed by atoms with Gasteiger partial charge in [0.2, 0.25) is 0 Å². The Balaban J connectivity index is 1.26. The predicted octanol–water partition coefficient (Wildman–Crippen LogP) is 2.03. The maximum Gasteiger partial charge on any atom is 0.407 e. The molecule has 1 aliphatic carbocycles. The van der Waals surface area contributed by atoms with Gasteiger partial charge in [-0.1, -0.05) is 13.8 Å². The number of carbonyl (C=O) groups excluding carboxylic acids is 1. The van der Waals surface area contributed by atoms with Gasteiger partial charge in [0.25, 0.3) is 0 Å². The first-order chi connectivity index (χ1) is 12.3. The highest BCUT2D eigenvalue weighted by Crippen LogP contribution is 2.50. The van der Waals surface area contributed by atoms with Crippen LogP contribution in [0.15, 0.2) is 0 Å². The van der Waals surface area contributed by atoms with E-state index in [1.165, 1.54) is 0 Å². The summed E-state index contributed by atoms with van der Waals surface area (Å²) in [4.78, 5) is 29.6. The smallest absolute Gasteiger partial charge is 0.407 e. The summed E-state index contributed by atoms with van der Waals surface area (Å²) in [6, 6.07) is 1.07. The highest BCUT2D eigenvalue weighted by molar-refractivity contribution is 5.75. The van der Waals surface area contributed by atoms with Crippen molar-refractivity contribution in [2.24, 2.45) is 10.8 Å². The van der Waals surface area contributed by atoms with Crippen LogP contribution >= 0.6 is 0 Å². The Bertz CT molecular complexity index is 579. The summed E-state index contributed by atoms with van der Waals surface area (Å²) >= 11 is 0. The van der Waals surface area contributed by atoms with Gasteiger partial charge in [-0.2, -0.15) is 0 Å². The summed E-state index contributed by atoms with van der Waals surface area (Å²) in [5, 5.41) is 12.2. The Kier molecular flexibility index (Phi) is 4.33. The van der Waals surface area contributed by atoms with Gasteiger partial charge in [0, 0.05) is 51.4 Å². The summed E-state index contributed by atoms with van der Waals surface area (Å²) in [6.07, 6.45) is 4.63. The molecule has 0 atom stereocenters. The first-order valence-electron chi connectivity index (χ1n) is 10.0. The molecule has 0 bridgehead atoms. The molecular weight excluding hydrogens is 332 g/mol. The van der Waals surface area contributed by atoms with Crippen molar-refractivity contribution in [3.8, 4) is 0 Å². The number of hydrogen-bond donors (Lipinski definition) is 2. The van der Waals surface area contributed by atoms with E-state index in [9.17, 15) is 9.59 Å². The van der Waals surface area contributed by atoms with Gasteiger partial charge in [-0.05, 0) is 42.9 Å². The molecule has 1 spiro atoms. The van der Waals surface area contributed by atoms with Gasteiger partial charge in [0.05, 0.1) is 0 Å². The predicted molar refractivity (Wildman–Crippen MR) is 98.2 cm³/mol. The Labute approximate surface area is 155 Å². The van der Waals surface area contributed by atoms with Crippen LogP contribution in [0.3, 0.4) is 0 Å². The van der Waals surface area contributed by atoms with Crippen LogP contribution in [0.2, 0.25) is 0 Å². The molecule has 3 amide bonds. The molecule has 0 aromatic rings.